The van der Waals surface area contributed by atoms with Gasteiger partial charge in [-0.2, -0.15) is 9.94 Å². The molecule has 1 aliphatic rings. The van der Waals surface area contributed by atoms with Crippen molar-refractivity contribution in [3.8, 4) is 17.9 Å². The summed E-state index contributed by atoms with van der Waals surface area (Å²) in [5.74, 6) is 5.04. The third-order valence-electron chi connectivity index (χ3n) is 5.76. The number of nitriles is 1. The van der Waals surface area contributed by atoms with Gasteiger partial charge in [0.05, 0.1) is 17.0 Å². The number of fused-ring (bicyclic) bond motifs is 1. The van der Waals surface area contributed by atoms with Crippen molar-refractivity contribution in [1.82, 2.24) is 15.0 Å². The molecule has 0 aliphatic heterocycles. The minimum atomic E-state index is -0.791. The summed E-state index contributed by atoms with van der Waals surface area (Å²) in [4.78, 5) is 24.0. The Bertz CT molecular complexity index is 1150. The molecule has 3 atom stereocenters. The predicted octanol–water partition coefficient (Wildman–Crippen LogP) is 2.71. The monoisotopic (exact) mass is 416 g/mol. The van der Waals surface area contributed by atoms with Crippen LogP contribution in [0.4, 0.5) is 0 Å². The van der Waals surface area contributed by atoms with E-state index in [0.29, 0.717) is 30.3 Å². The largest absolute Gasteiger partial charge is 0.453 e. The van der Waals surface area contributed by atoms with Gasteiger partial charge in [-0.05, 0) is 37.2 Å². The van der Waals surface area contributed by atoms with Crippen LogP contribution >= 0.6 is 0 Å². The SMILES string of the molecule is BC1(C)CC(C(=O)n2nnc3ccccc32)CC=C1C(C)(C#N)CC#CCOC(C)=O. The van der Waals surface area contributed by atoms with Crippen molar-refractivity contribution in [2.45, 2.75) is 45.3 Å². The molecule has 0 bridgehead atoms. The lowest BCUT2D eigenvalue weighted by Crippen LogP contribution is -2.35. The Morgan fingerprint density at radius 2 is 2.13 bits per heavy atom. The van der Waals surface area contributed by atoms with Gasteiger partial charge in [0.2, 0.25) is 0 Å². The Hall–Kier alpha value is -3.39. The molecular weight excluding hydrogens is 391 g/mol. The van der Waals surface area contributed by atoms with Crippen molar-refractivity contribution in [2.24, 2.45) is 11.3 Å². The Morgan fingerprint density at radius 1 is 1.39 bits per heavy atom. The fourth-order valence-corrected chi connectivity index (χ4v) is 4.33. The van der Waals surface area contributed by atoms with E-state index >= 15 is 0 Å². The standard InChI is InChI=1S/C23H25BN4O3/c1-16(29)31-13-7-6-12-22(2,15-25)20-11-10-17(14-23(20,3)24)21(30)28-19-9-5-4-8-18(19)26-27-28/h4-5,8-9,11,17H,10,12-14,24H2,1-3H3. The molecule has 1 aliphatic carbocycles. The molecule has 1 aromatic carbocycles. The topological polar surface area (TPSA) is 97.9 Å². The predicted molar refractivity (Wildman–Crippen MR) is 119 cm³/mol. The average molecular weight is 416 g/mol. The molecule has 0 radical (unpaired) electrons. The first-order valence-corrected chi connectivity index (χ1v) is 10.2. The molecule has 0 saturated heterocycles. The lowest BCUT2D eigenvalue weighted by molar-refractivity contribution is -0.139. The highest BCUT2D eigenvalue weighted by Gasteiger charge is 2.43. The molecule has 3 unspecified atom stereocenters. The number of esters is 1. The molecule has 1 heterocycles. The normalized spacial score (nSPS) is 22.4. The Labute approximate surface area is 182 Å². The van der Waals surface area contributed by atoms with E-state index in [1.807, 2.05) is 37.3 Å². The van der Waals surface area contributed by atoms with Gasteiger partial charge in [0, 0.05) is 19.3 Å². The maximum atomic E-state index is 13.2. The first-order valence-electron chi connectivity index (χ1n) is 10.2. The van der Waals surface area contributed by atoms with Crippen LogP contribution in [0.2, 0.25) is 5.31 Å². The van der Waals surface area contributed by atoms with Gasteiger partial charge >= 0.3 is 5.97 Å². The molecule has 31 heavy (non-hydrogen) atoms. The van der Waals surface area contributed by atoms with Crippen LogP contribution in [0.3, 0.4) is 0 Å². The number of allylic oxidation sites excluding steroid dienone is 2. The Morgan fingerprint density at radius 3 is 2.81 bits per heavy atom. The number of carbonyl (C=O) groups is 2. The Balaban J connectivity index is 1.80. The fraction of sp³-hybridized carbons (Fsp3) is 0.435. The molecule has 0 fully saturated rings. The lowest BCUT2D eigenvalue weighted by atomic mass is 9.52. The van der Waals surface area contributed by atoms with Crippen molar-refractivity contribution in [1.29, 1.82) is 5.26 Å². The van der Waals surface area contributed by atoms with Crippen molar-refractivity contribution in [3.05, 3.63) is 35.9 Å². The van der Waals surface area contributed by atoms with Crippen molar-refractivity contribution >= 4 is 30.8 Å². The minimum absolute atomic E-state index is 0.0156. The smallest absolute Gasteiger partial charge is 0.303 e. The summed E-state index contributed by atoms with van der Waals surface area (Å²) in [6.45, 7) is 5.27. The number of hydrogen-bond acceptors (Lipinski definition) is 6. The van der Waals surface area contributed by atoms with Crippen molar-refractivity contribution in [2.75, 3.05) is 6.61 Å². The quantitative estimate of drug-likeness (QED) is 0.329. The second-order valence-electron chi connectivity index (χ2n) is 8.72. The maximum absolute atomic E-state index is 13.2. The van der Waals surface area contributed by atoms with E-state index in [1.54, 1.807) is 0 Å². The molecule has 0 amide bonds. The van der Waals surface area contributed by atoms with Gasteiger partial charge in [-0.25, -0.2) is 0 Å². The van der Waals surface area contributed by atoms with Gasteiger partial charge in [0.1, 0.15) is 13.4 Å². The number of ether oxygens (including phenoxy) is 1. The van der Waals surface area contributed by atoms with Gasteiger partial charge in [-0.1, -0.05) is 47.8 Å². The summed E-state index contributed by atoms with van der Waals surface area (Å²) < 4.78 is 6.21. The molecule has 0 spiro atoms. The van der Waals surface area contributed by atoms with E-state index in [2.05, 4.69) is 43.0 Å². The molecule has 0 saturated carbocycles. The second kappa shape index (κ2) is 8.77. The second-order valence-corrected chi connectivity index (χ2v) is 8.72. The average Bonchev–Trinajstić information content (AvgIpc) is 3.16. The zero-order valence-electron chi connectivity index (χ0n) is 18.3. The third kappa shape index (κ3) is 4.69. The van der Waals surface area contributed by atoms with Gasteiger partial charge in [-0.3, -0.25) is 9.59 Å². The van der Waals surface area contributed by atoms with Crippen molar-refractivity contribution in [3.63, 3.8) is 0 Å². The zero-order chi connectivity index (χ0) is 22.6. The van der Waals surface area contributed by atoms with E-state index in [1.165, 1.54) is 11.6 Å². The number of hydrogen-bond donors (Lipinski definition) is 0. The van der Waals surface area contributed by atoms with Crippen LogP contribution in [0.15, 0.2) is 35.9 Å². The molecule has 7 nitrogen and oxygen atoms in total. The first-order chi connectivity index (χ1) is 14.7. The van der Waals surface area contributed by atoms with Gasteiger partial charge in [0.15, 0.2) is 6.61 Å². The minimum Gasteiger partial charge on any atom is -0.453 e. The van der Waals surface area contributed by atoms with Gasteiger partial charge in [0.25, 0.3) is 5.91 Å². The highest BCUT2D eigenvalue weighted by Crippen LogP contribution is 2.52. The number of nitrogens with zero attached hydrogens (tertiary/aromatic N) is 4. The number of benzene rings is 1. The van der Waals surface area contributed by atoms with Gasteiger partial charge in [-0.15, -0.1) is 5.10 Å². The van der Waals surface area contributed by atoms with Crippen LogP contribution in [0.5, 0.6) is 0 Å². The highest BCUT2D eigenvalue weighted by molar-refractivity contribution is 6.17. The summed E-state index contributed by atoms with van der Waals surface area (Å²) in [7, 11) is 2.06. The number of rotatable bonds is 4. The summed E-state index contributed by atoms with van der Waals surface area (Å²) in [5, 5.41) is 17.7. The maximum Gasteiger partial charge on any atom is 0.303 e. The number of para-hydroxylation sites is 1. The first kappa shape index (κ1) is 22.3. The van der Waals surface area contributed by atoms with E-state index in [4.69, 9.17) is 4.74 Å². The van der Waals surface area contributed by atoms with Crippen molar-refractivity contribution < 1.29 is 14.3 Å². The molecule has 158 valence electrons. The molecule has 2 aromatic rings. The molecule has 3 rings (SSSR count). The van der Waals surface area contributed by atoms with Gasteiger partial charge < -0.3 is 4.74 Å². The zero-order valence-corrected chi connectivity index (χ0v) is 18.3. The Kier molecular flexibility index (Phi) is 6.31. The van der Waals surface area contributed by atoms with Crippen LogP contribution in [-0.4, -0.2) is 41.3 Å². The summed E-state index contributed by atoms with van der Waals surface area (Å²) in [5.41, 5.74) is 1.58. The fourth-order valence-electron chi connectivity index (χ4n) is 4.33. The van der Waals surface area contributed by atoms with Crippen LogP contribution in [0.1, 0.15) is 44.8 Å². The van der Waals surface area contributed by atoms with Crippen LogP contribution in [0, 0.1) is 34.5 Å². The van der Waals surface area contributed by atoms with E-state index in [9.17, 15) is 14.9 Å². The summed E-state index contributed by atoms with van der Waals surface area (Å²) in [6, 6.07) is 9.80. The molecule has 1 aromatic heterocycles. The summed E-state index contributed by atoms with van der Waals surface area (Å²) in [6.07, 6.45) is 3.47. The van der Waals surface area contributed by atoms with Crippen LogP contribution in [0.25, 0.3) is 11.0 Å². The molecule has 8 heteroatoms. The van der Waals surface area contributed by atoms with Crippen LogP contribution in [-0.2, 0) is 9.53 Å². The molecule has 0 N–H and O–H groups in total. The number of aromatic nitrogens is 3. The summed E-state index contributed by atoms with van der Waals surface area (Å²) >= 11 is 0. The lowest BCUT2D eigenvalue weighted by Gasteiger charge is -2.41. The number of carbonyl (C=O) groups excluding carboxylic acids is 2. The van der Waals surface area contributed by atoms with E-state index < -0.39 is 5.41 Å². The van der Waals surface area contributed by atoms with E-state index in [0.717, 1.165) is 5.57 Å². The van der Waals surface area contributed by atoms with Crippen LogP contribution < -0.4 is 0 Å². The third-order valence-corrected chi connectivity index (χ3v) is 5.76. The molecular formula is C23H25BN4O3. The van der Waals surface area contributed by atoms with E-state index in [-0.39, 0.29) is 29.7 Å². The highest BCUT2D eigenvalue weighted by atomic mass is 16.5.